The van der Waals surface area contributed by atoms with Crippen LogP contribution in [0.25, 0.3) is 0 Å². The average molecular weight is 333 g/mol. The maximum atomic E-state index is 12.6. The molecule has 2 heterocycles. The van der Waals surface area contributed by atoms with Crippen molar-refractivity contribution in [3.63, 3.8) is 0 Å². The number of sulfonamides is 1. The number of methoxy groups -OCH3 is 1. The normalized spacial score (nSPS) is 20.1. The fourth-order valence-electron chi connectivity index (χ4n) is 2.43. The molecule has 1 unspecified atom stereocenters. The van der Waals surface area contributed by atoms with E-state index in [1.54, 1.807) is 0 Å². The van der Waals surface area contributed by atoms with Crippen LogP contribution in [0.1, 0.15) is 16.9 Å². The lowest BCUT2D eigenvalue weighted by Gasteiger charge is -2.20. The Morgan fingerprint density at radius 2 is 2.33 bits per heavy atom. The van der Waals surface area contributed by atoms with Gasteiger partial charge in [0.05, 0.1) is 12.6 Å². The zero-order valence-corrected chi connectivity index (χ0v) is 13.9. The highest BCUT2D eigenvalue weighted by Crippen LogP contribution is 2.25. The molecule has 0 aromatic carbocycles. The van der Waals surface area contributed by atoms with Crippen LogP contribution in [0.5, 0.6) is 0 Å². The lowest BCUT2D eigenvalue weighted by molar-refractivity contribution is 0.0590. The number of hydrogen-bond donors (Lipinski definition) is 0. The molecule has 0 aliphatic carbocycles. The standard InChI is InChI=1S/C12H19N3O4S2/c1-14-5-4-9(6-14)7-15(2)21(17,18)12-10(11(16)19-3)13-8-20-12/h8-9H,4-7H2,1-3H3. The molecular weight excluding hydrogens is 314 g/mol. The second-order valence-electron chi connectivity index (χ2n) is 5.18. The number of esters is 1. The molecule has 1 aromatic heterocycles. The highest BCUT2D eigenvalue weighted by Gasteiger charge is 2.32. The smallest absolute Gasteiger partial charge is 0.358 e. The zero-order valence-electron chi connectivity index (χ0n) is 12.3. The fraction of sp³-hybridized carbons (Fsp3) is 0.667. The monoisotopic (exact) mass is 333 g/mol. The number of nitrogens with zero attached hydrogens (tertiary/aromatic N) is 3. The van der Waals surface area contributed by atoms with E-state index in [4.69, 9.17) is 0 Å². The minimum Gasteiger partial charge on any atom is -0.464 e. The maximum Gasteiger partial charge on any atom is 0.358 e. The summed E-state index contributed by atoms with van der Waals surface area (Å²) >= 11 is 0.935. The van der Waals surface area contributed by atoms with Crippen molar-refractivity contribution >= 4 is 27.3 Å². The molecule has 0 bridgehead atoms. The topological polar surface area (TPSA) is 79.8 Å². The van der Waals surface area contributed by atoms with E-state index in [0.717, 1.165) is 30.8 Å². The van der Waals surface area contributed by atoms with Crippen LogP contribution < -0.4 is 0 Å². The Bertz CT molecular complexity index is 614. The lowest BCUT2D eigenvalue weighted by atomic mass is 10.1. The molecule has 1 aliphatic rings. The number of carbonyl (C=O) groups is 1. The number of rotatable bonds is 5. The maximum absolute atomic E-state index is 12.6. The van der Waals surface area contributed by atoms with E-state index in [9.17, 15) is 13.2 Å². The first-order valence-electron chi connectivity index (χ1n) is 6.53. The molecule has 21 heavy (non-hydrogen) atoms. The molecule has 0 amide bonds. The van der Waals surface area contributed by atoms with E-state index in [2.05, 4.69) is 14.6 Å². The van der Waals surface area contributed by atoms with Crippen molar-refractivity contribution in [2.45, 2.75) is 10.6 Å². The molecule has 0 N–H and O–H groups in total. The minimum atomic E-state index is -3.72. The third kappa shape index (κ3) is 3.42. The van der Waals surface area contributed by atoms with Crippen LogP contribution in [0.15, 0.2) is 9.72 Å². The van der Waals surface area contributed by atoms with Crippen LogP contribution in [0, 0.1) is 5.92 Å². The Morgan fingerprint density at radius 3 is 2.90 bits per heavy atom. The predicted molar refractivity (Wildman–Crippen MR) is 78.9 cm³/mol. The SMILES string of the molecule is COC(=O)c1ncsc1S(=O)(=O)N(C)CC1CCN(C)C1. The van der Waals surface area contributed by atoms with Gasteiger partial charge in [-0.15, -0.1) is 11.3 Å². The number of aromatic nitrogens is 1. The number of thiazole rings is 1. The Hall–Kier alpha value is -1.03. The van der Waals surface area contributed by atoms with Gasteiger partial charge in [0.2, 0.25) is 0 Å². The summed E-state index contributed by atoms with van der Waals surface area (Å²) in [6, 6.07) is 0. The van der Waals surface area contributed by atoms with Crippen LogP contribution in [0.4, 0.5) is 0 Å². The molecule has 118 valence electrons. The van der Waals surface area contributed by atoms with Crippen LogP contribution >= 0.6 is 11.3 Å². The van der Waals surface area contributed by atoms with E-state index >= 15 is 0 Å². The first kappa shape index (κ1) is 16.3. The van der Waals surface area contributed by atoms with Gasteiger partial charge >= 0.3 is 5.97 Å². The van der Waals surface area contributed by atoms with Crippen molar-refractivity contribution in [3.05, 3.63) is 11.2 Å². The Kier molecular flexibility index (Phi) is 4.97. The molecule has 2 rings (SSSR count). The molecule has 1 fully saturated rings. The lowest BCUT2D eigenvalue weighted by Crippen LogP contribution is -2.33. The second-order valence-corrected chi connectivity index (χ2v) is 8.28. The minimum absolute atomic E-state index is 0.0526. The molecule has 1 aliphatic heterocycles. The predicted octanol–water partition coefficient (Wildman–Crippen LogP) is 0.502. The summed E-state index contributed by atoms with van der Waals surface area (Å²) < 4.78 is 31.0. The van der Waals surface area contributed by atoms with E-state index < -0.39 is 16.0 Å². The van der Waals surface area contributed by atoms with Gasteiger partial charge in [-0.3, -0.25) is 0 Å². The zero-order chi connectivity index (χ0) is 15.6. The summed E-state index contributed by atoms with van der Waals surface area (Å²) in [5.41, 5.74) is 1.20. The molecule has 0 saturated carbocycles. The first-order chi connectivity index (χ1) is 9.86. The summed E-state index contributed by atoms with van der Waals surface area (Å²) in [5.74, 6) is -0.423. The van der Waals surface area contributed by atoms with E-state index in [1.165, 1.54) is 24.0 Å². The molecule has 9 heteroatoms. The quantitative estimate of drug-likeness (QED) is 0.730. The summed E-state index contributed by atoms with van der Waals surface area (Å²) in [5, 5.41) is 0. The van der Waals surface area contributed by atoms with Crippen molar-refractivity contribution in [1.82, 2.24) is 14.2 Å². The highest BCUT2D eigenvalue weighted by atomic mass is 32.2. The van der Waals surface area contributed by atoms with Crippen LogP contribution in [0.2, 0.25) is 0 Å². The molecule has 7 nitrogen and oxygen atoms in total. The van der Waals surface area contributed by atoms with Gasteiger partial charge in [-0.25, -0.2) is 18.2 Å². The third-order valence-corrected chi connectivity index (χ3v) is 6.73. The molecule has 1 aromatic rings. The first-order valence-corrected chi connectivity index (χ1v) is 8.85. The number of carbonyl (C=O) groups excluding carboxylic acids is 1. The number of hydrogen-bond acceptors (Lipinski definition) is 7. The van der Waals surface area contributed by atoms with Crippen LogP contribution in [-0.4, -0.2) is 69.4 Å². The summed E-state index contributed by atoms with van der Waals surface area (Å²) in [7, 11) is 1.05. The summed E-state index contributed by atoms with van der Waals surface area (Å²) in [6.45, 7) is 2.30. The van der Waals surface area contributed by atoms with Gasteiger partial charge in [-0.1, -0.05) is 0 Å². The largest absolute Gasteiger partial charge is 0.464 e. The van der Waals surface area contributed by atoms with Crippen molar-refractivity contribution in [1.29, 1.82) is 0 Å². The average Bonchev–Trinajstić information content (AvgIpc) is 3.07. The molecule has 0 spiro atoms. The van der Waals surface area contributed by atoms with Gasteiger partial charge in [0.15, 0.2) is 9.90 Å². The molecular formula is C12H19N3O4S2. The van der Waals surface area contributed by atoms with E-state index in [-0.39, 0.29) is 9.90 Å². The van der Waals surface area contributed by atoms with Gasteiger partial charge in [0.25, 0.3) is 10.0 Å². The Balaban J connectivity index is 2.17. The summed E-state index contributed by atoms with van der Waals surface area (Å²) in [4.78, 5) is 17.6. The highest BCUT2D eigenvalue weighted by molar-refractivity contribution is 7.91. The second kappa shape index (κ2) is 6.39. The number of ether oxygens (including phenoxy) is 1. The van der Waals surface area contributed by atoms with Crippen LogP contribution in [-0.2, 0) is 14.8 Å². The van der Waals surface area contributed by atoms with E-state index in [1.807, 2.05) is 7.05 Å². The van der Waals surface area contributed by atoms with E-state index in [0.29, 0.717) is 12.5 Å². The molecule has 0 radical (unpaired) electrons. The van der Waals surface area contributed by atoms with Crippen molar-refractivity contribution in [2.24, 2.45) is 5.92 Å². The third-order valence-electron chi connectivity index (χ3n) is 3.56. The van der Waals surface area contributed by atoms with Gasteiger partial charge in [-0.05, 0) is 25.9 Å². The van der Waals surface area contributed by atoms with Gasteiger partial charge in [-0.2, -0.15) is 4.31 Å². The molecule has 1 saturated heterocycles. The van der Waals surface area contributed by atoms with Gasteiger partial charge in [0.1, 0.15) is 0 Å². The van der Waals surface area contributed by atoms with Crippen molar-refractivity contribution in [3.8, 4) is 0 Å². The molecule has 1 atom stereocenters. The summed E-state index contributed by atoms with van der Waals surface area (Å²) in [6.07, 6.45) is 0.975. The number of likely N-dealkylation sites (tertiary alicyclic amines) is 1. The van der Waals surface area contributed by atoms with Crippen molar-refractivity contribution < 1.29 is 17.9 Å². The fourth-order valence-corrected chi connectivity index (χ4v) is 5.00. The van der Waals surface area contributed by atoms with Gasteiger partial charge in [0, 0.05) is 20.1 Å². The van der Waals surface area contributed by atoms with Crippen LogP contribution in [0.3, 0.4) is 0 Å². The Morgan fingerprint density at radius 1 is 1.62 bits per heavy atom. The van der Waals surface area contributed by atoms with Crippen molar-refractivity contribution in [2.75, 3.05) is 40.8 Å². The van der Waals surface area contributed by atoms with Gasteiger partial charge < -0.3 is 9.64 Å². The Labute approximate surface area is 128 Å².